The van der Waals surface area contributed by atoms with Gasteiger partial charge >= 0.3 is 0 Å². The van der Waals surface area contributed by atoms with Crippen LogP contribution in [0.2, 0.25) is 10.0 Å². The second-order valence-corrected chi connectivity index (χ2v) is 5.26. The van der Waals surface area contributed by atoms with E-state index in [9.17, 15) is 4.79 Å². The number of halogens is 2. The molecule has 1 aliphatic heterocycles. The Balaban J connectivity index is 1.93. The number of rotatable bonds is 2. The van der Waals surface area contributed by atoms with E-state index in [1.54, 1.807) is 24.3 Å². The zero-order valence-electron chi connectivity index (χ0n) is 9.41. The van der Waals surface area contributed by atoms with Crippen LogP contribution < -0.4 is 5.32 Å². The van der Waals surface area contributed by atoms with E-state index in [0.29, 0.717) is 21.7 Å². The molecule has 0 aromatic heterocycles. The molecule has 0 radical (unpaired) electrons. The minimum Gasteiger partial charge on any atom is -0.308 e. The average Bonchev–Trinajstić information content (AvgIpc) is 3.09. The summed E-state index contributed by atoms with van der Waals surface area (Å²) in [4.78, 5) is 16.1. The van der Waals surface area contributed by atoms with Gasteiger partial charge in [-0.1, -0.05) is 29.3 Å². The van der Waals surface area contributed by atoms with Crippen LogP contribution in [-0.2, 0) is 4.79 Å². The van der Waals surface area contributed by atoms with Crippen molar-refractivity contribution >= 4 is 41.0 Å². The van der Waals surface area contributed by atoms with Gasteiger partial charge in [0.15, 0.2) is 0 Å². The lowest BCUT2D eigenvalue weighted by atomic mass is 10.2. The monoisotopic (exact) mass is 280 g/mol. The molecule has 2 aliphatic rings. The van der Waals surface area contributed by atoms with Crippen molar-refractivity contribution in [1.29, 1.82) is 0 Å². The van der Waals surface area contributed by atoms with Gasteiger partial charge < -0.3 is 5.32 Å². The van der Waals surface area contributed by atoms with E-state index in [1.807, 2.05) is 0 Å². The number of nitrogens with one attached hydrogen (secondary N) is 1. The maximum Gasteiger partial charge on any atom is 0.275 e. The fraction of sp³-hybridized carbons (Fsp3) is 0.231. The summed E-state index contributed by atoms with van der Waals surface area (Å²) in [6.45, 7) is 0. The second-order valence-electron chi connectivity index (χ2n) is 4.42. The first-order chi connectivity index (χ1) is 8.63. The highest BCUT2D eigenvalue weighted by Gasteiger charge is 2.33. The number of carbonyl (C=O) groups is 1. The van der Waals surface area contributed by atoms with Gasteiger partial charge in [-0.15, -0.1) is 0 Å². The molecule has 3 rings (SSSR count). The maximum atomic E-state index is 11.7. The summed E-state index contributed by atoms with van der Waals surface area (Å²) in [5, 5.41) is 3.87. The number of hydrogen-bond donors (Lipinski definition) is 1. The van der Waals surface area contributed by atoms with Gasteiger partial charge in [-0.05, 0) is 36.6 Å². The quantitative estimate of drug-likeness (QED) is 0.830. The van der Waals surface area contributed by atoms with E-state index in [-0.39, 0.29) is 5.91 Å². The Labute approximate surface area is 114 Å². The number of amidine groups is 1. The molecule has 0 spiro atoms. The highest BCUT2D eigenvalue weighted by atomic mass is 35.5. The second kappa shape index (κ2) is 4.41. The van der Waals surface area contributed by atoms with E-state index >= 15 is 0 Å². The van der Waals surface area contributed by atoms with Crippen molar-refractivity contribution in [3.63, 3.8) is 0 Å². The van der Waals surface area contributed by atoms with Crippen molar-refractivity contribution < 1.29 is 4.79 Å². The van der Waals surface area contributed by atoms with Crippen LogP contribution >= 0.6 is 23.2 Å². The molecule has 1 aromatic carbocycles. The zero-order chi connectivity index (χ0) is 12.7. The molecule has 92 valence electrons. The first-order valence-electron chi connectivity index (χ1n) is 5.70. The molecule has 5 heteroatoms. The SMILES string of the molecule is O=C1NC(C2CC2)=N/C1=C\c1ccc(Cl)cc1Cl. The standard InChI is InChI=1S/C13H10Cl2N2O/c14-9-4-3-8(10(15)6-9)5-11-13(18)17-12(16-11)7-1-2-7/h3-7H,1-2H2,(H,16,17,18)/b11-5-. The van der Waals surface area contributed by atoms with Gasteiger partial charge in [-0.2, -0.15) is 0 Å². The molecule has 0 unspecified atom stereocenters. The fourth-order valence-electron chi connectivity index (χ4n) is 1.80. The number of nitrogens with zero attached hydrogens (tertiary/aromatic N) is 1. The summed E-state index contributed by atoms with van der Waals surface area (Å²) in [6, 6.07) is 5.15. The van der Waals surface area contributed by atoms with E-state index in [1.165, 1.54) is 0 Å². The van der Waals surface area contributed by atoms with Crippen molar-refractivity contribution in [1.82, 2.24) is 5.32 Å². The number of aliphatic imine (C=N–C) groups is 1. The summed E-state index contributed by atoms with van der Waals surface area (Å²) < 4.78 is 0. The predicted octanol–water partition coefficient (Wildman–Crippen LogP) is 3.27. The van der Waals surface area contributed by atoms with Crippen LogP contribution in [0.15, 0.2) is 28.9 Å². The summed E-state index contributed by atoms with van der Waals surface area (Å²) in [5.74, 6) is 1.06. The topological polar surface area (TPSA) is 41.5 Å². The maximum absolute atomic E-state index is 11.7. The van der Waals surface area contributed by atoms with Gasteiger partial charge in [0, 0.05) is 16.0 Å². The van der Waals surface area contributed by atoms with Gasteiger partial charge in [-0.25, -0.2) is 4.99 Å². The fourth-order valence-corrected chi connectivity index (χ4v) is 2.27. The average molecular weight is 281 g/mol. The van der Waals surface area contributed by atoms with Crippen LogP contribution in [0.1, 0.15) is 18.4 Å². The molecule has 1 saturated carbocycles. The van der Waals surface area contributed by atoms with Gasteiger partial charge in [0.2, 0.25) is 0 Å². The van der Waals surface area contributed by atoms with Crippen molar-refractivity contribution in [3.8, 4) is 0 Å². The molecule has 1 heterocycles. The zero-order valence-corrected chi connectivity index (χ0v) is 10.9. The van der Waals surface area contributed by atoms with Crippen molar-refractivity contribution in [2.45, 2.75) is 12.8 Å². The number of benzene rings is 1. The number of carbonyl (C=O) groups excluding carboxylic acids is 1. The molecule has 0 bridgehead atoms. The van der Waals surface area contributed by atoms with E-state index in [0.717, 1.165) is 24.2 Å². The van der Waals surface area contributed by atoms with Crippen LogP contribution in [0.4, 0.5) is 0 Å². The molecule has 3 nitrogen and oxygen atoms in total. The molecule has 1 aliphatic carbocycles. The highest BCUT2D eigenvalue weighted by molar-refractivity contribution is 6.35. The Hall–Kier alpha value is -1.32. The van der Waals surface area contributed by atoms with Crippen LogP contribution in [0.5, 0.6) is 0 Å². The predicted molar refractivity (Wildman–Crippen MR) is 72.7 cm³/mol. The first-order valence-corrected chi connectivity index (χ1v) is 6.46. The summed E-state index contributed by atoms with van der Waals surface area (Å²) in [7, 11) is 0. The Morgan fingerprint density at radius 3 is 2.78 bits per heavy atom. The third-order valence-corrected chi connectivity index (χ3v) is 3.50. The lowest BCUT2D eigenvalue weighted by Crippen LogP contribution is -2.25. The number of amides is 1. The smallest absolute Gasteiger partial charge is 0.275 e. The Morgan fingerprint density at radius 1 is 1.33 bits per heavy atom. The van der Waals surface area contributed by atoms with Crippen LogP contribution in [0, 0.1) is 5.92 Å². The van der Waals surface area contributed by atoms with Gasteiger partial charge in [0.25, 0.3) is 5.91 Å². The van der Waals surface area contributed by atoms with Gasteiger partial charge in [0.05, 0.1) is 0 Å². The number of hydrogen-bond acceptors (Lipinski definition) is 2. The molecule has 0 saturated heterocycles. The lowest BCUT2D eigenvalue weighted by Gasteiger charge is -1.99. The van der Waals surface area contributed by atoms with Crippen molar-refractivity contribution in [2.75, 3.05) is 0 Å². The normalized spacial score (nSPS) is 21.1. The summed E-state index contributed by atoms with van der Waals surface area (Å²) >= 11 is 11.9. The van der Waals surface area contributed by atoms with Gasteiger partial charge in [-0.3, -0.25) is 4.79 Å². The first kappa shape index (κ1) is 11.8. The van der Waals surface area contributed by atoms with E-state index < -0.39 is 0 Å². The van der Waals surface area contributed by atoms with Crippen LogP contribution in [0.25, 0.3) is 6.08 Å². The molecule has 1 amide bonds. The van der Waals surface area contributed by atoms with E-state index in [4.69, 9.17) is 23.2 Å². The molecule has 1 fully saturated rings. The Kier molecular flexibility index (Phi) is 2.88. The third kappa shape index (κ3) is 2.28. The van der Waals surface area contributed by atoms with E-state index in [2.05, 4.69) is 10.3 Å². The van der Waals surface area contributed by atoms with Gasteiger partial charge in [0.1, 0.15) is 11.5 Å². The summed E-state index contributed by atoms with van der Waals surface area (Å²) in [5.41, 5.74) is 1.15. The molecule has 18 heavy (non-hydrogen) atoms. The third-order valence-electron chi connectivity index (χ3n) is 2.93. The highest BCUT2D eigenvalue weighted by Crippen LogP contribution is 2.32. The Bertz CT molecular complexity index is 589. The summed E-state index contributed by atoms with van der Waals surface area (Å²) in [6.07, 6.45) is 3.89. The van der Waals surface area contributed by atoms with Crippen molar-refractivity contribution in [2.24, 2.45) is 10.9 Å². The minimum absolute atomic E-state index is 0.164. The largest absolute Gasteiger partial charge is 0.308 e. The molecule has 1 N–H and O–H groups in total. The van der Waals surface area contributed by atoms with Crippen LogP contribution in [0.3, 0.4) is 0 Å². The van der Waals surface area contributed by atoms with Crippen LogP contribution in [-0.4, -0.2) is 11.7 Å². The molecule has 1 aromatic rings. The molecule has 0 atom stereocenters. The Morgan fingerprint density at radius 2 is 2.11 bits per heavy atom. The molecular weight excluding hydrogens is 271 g/mol. The lowest BCUT2D eigenvalue weighted by molar-refractivity contribution is -0.115. The van der Waals surface area contributed by atoms with Crippen molar-refractivity contribution in [3.05, 3.63) is 39.5 Å². The minimum atomic E-state index is -0.164. The molecular formula is C13H10Cl2N2O.